The van der Waals surface area contributed by atoms with E-state index in [1.165, 1.54) is 24.8 Å². The molecule has 1 saturated carbocycles. The summed E-state index contributed by atoms with van der Waals surface area (Å²) < 4.78 is 0. The first kappa shape index (κ1) is 15.5. The normalized spacial score (nSPS) is 19.9. The van der Waals surface area contributed by atoms with Crippen LogP contribution in [0.4, 0.5) is 0 Å². The smallest absolute Gasteiger partial charge is 0.0760 e. The van der Waals surface area contributed by atoms with Gasteiger partial charge in [-0.1, -0.05) is 43.5 Å². The average molecular weight is 270 g/mol. The van der Waals surface area contributed by atoms with Crippen LogP contribution in [0.1, 0.15) is 49.3 Å². The topological polar surface area (TPSA) is 46.2 Å². The Balaban J connectivity index is 0.00000162. The first-order valence-corrected chi connectivity index (χ1v) is 6.69. The molecule has 0 radical (unpaired) electrons. The van der Waals surface area contributed by atoms with Gasteiger partial charge in [0.05, 0.1) is 12.1 Å². The van der Waals surface area contributed by atoms with Crippen LogP contribution in [0.3, 0.4) is 0 Å². The molecule has 1 aliphatic carbocycles. The van der Waals surface area contributed by atoms with Gasteiger partial charge in [0.1, 0.15) is 0 Å². The second kappa shape index (κ2) is 7.13. The van der Waals surface area contributed by atoms with Crippen molar-refractivity contribution in [3.05, 3.63) is 35.4 Å². The van der Waals surface area contributed by atoms with Crippen molar-refractivity contribution in [3.8, 4) is 0 Å². The molecule has 0 heterocycles. The van der Waals surface area contributed by atoms with E-state index in [9.17, 15) is 5.11 Å². The standard InChI is InChI=1S/C15H23NO.ClH/c1-11-7-5-6-10-13(11)14(16)15(17)12-8-3-2-4-9-12;/h5-7,10,12,14-15,17H,2-4,8-9,16H2,1H3;1H/t14-,15+;/m0./s1. The van der Waals surface area contributed by atoms with Gasteiger partial charge in [0.2, 0.25) is 0 Å². The fraction of sp³-hybridized carbons (Fsp3) is 0.600. The molecule has 1 aromatic carbocycles. The van der Waals surface area contributed by atoms with Crippen molar-refractivity contribution in [3.63, 3.8) is 0 Å². The highest BCUT2D eigenvalue weighted by Crippen LogP contribution is 2.32. The van der Waals surface area contributed by atoms with Gasteiger partial charge in [0.25, 0.3) is 0 Å². The molecule has 0 bridgehead atoms. The third kappa shape index (κ3) is 3.47. The van der Waals surface area contributed by atoms with Crippen LogP contribution in [0.2, 0.25) is 0 Å². The lowest BCUT2D eigenvalue weighted by atomic mass is 9.81. The number of rotatable bonds is 3. The Labute approximate surface area is 116 Å². The number of aryl methyl sites for hydroxylation is 1. The van der Waals surface area contributed by atoms with Crippen molar-refractivity contribution in [2.24, 2.45) is 11.7 Å². The van der Waals surface area contributed by atoms with Gasteiger partial charge in [-0.2, -0.15) is 0 Å². The van der Waals surface area contributed by atoms with Gasteiger partial charge >= 0.3 is 0 Å². The highest BCUT2D eigenvalue weighted by atomic mass is 35.5. The predicted octanol–water partition coefficient (Wildman–Crippen LogP) is 3.36. The Morgan fingerprint density at radius 3 is 2.39 bits per heavy atom. The zero-order valence-corrected chi connectivity index (χ0v) is 11.8. The van der Waals surface area contributed by atoms with Crippen molar-refractivity contribution in [2.75, 3.05) is 0 Å². The zero-order chi connectivity index (χ0) is 12.3. The molecule has 0 amide bonds. The summed E-state index contributed by atoms with van der Waals surface area (Å²) in [7, 11) is 0. The van der Waals surface area contributed by atoms with Crippen LogP contribution in [0.15, 0.2) is 24.3 Å². The third-order valence-electron chi connectivity index (χ3n) is 4.05. The first-order chi connectivity index (χ1) is 8.20. The summed E-state index contributed by atoms with van der Waals surface area (Å²) in [4.78, 5) is 0. The number of benzene rings is 1. The van der Waals surface area contributed by atoms with Crippen molar-refractivity contribution < 1.29 is 5.11 Å². The first-order valence-electron chi connectivity index (χ1n) is 6.69. The summed E-state index contributed by atoms with van der Waals surface area (Å²) in [6.07, 6.45) is 5.64. The molecule has 0 aromatic heterocycles. The van der Waals surface area contributed by atoms with E-state index in [-0.39, 0.29) is 18.4 Å². The van der Waals surface area contributed by atoms with Crippen LogP contribution >= 0.6 is 12.4 Å². The molecule has 0 saturated heterocycles. The van der Waals surface area contributed by atoms with Gasteiger partial charge in [-0.15, -0.1) is 12.4 Å². The third-order valence-corrected chi connectivity index (χ3v) is 4.05. The van der Waals surface area contributed by atoms with Gasteiger partial charge in [0.15, 0.2) is 0 Å². The number of nitrogens with two attached hydrogens (primary N) is 1. The van der Waals surface area contributed by atoms with E-state index >= 15 is 0 Å². The summed E-state index contributed by atoms with van der Waals surface area (Å²) in [5.41, 5.74) is 8.48. The second-order valence-electron chi connectivity index (χ2n) is 5.27. The summed E-state index contributed by atoms with van der Waals surface area (Å²) in [5, 5.41) is 10.4. The summed E-state index contributed by atoms with van der Waals surface area (Å²) >= 11 is 0. The summed E-state index contributed by atoms with van der Waals surface area (Å²) in [5.74, 6) is 0.387. The molecule has 1 aliphatic rings. The minimum atomic E-state index is -0.392. The number of aliphatic hydroxyl groups is 1. The minimum Gasteiger partial charge on any atom is -0.391 e. The molecular formula is C15H24ClNO. The van der Waals surface area contributed by atoms with Crippen molar-refractivity contribution >= 4 is 12.4 Å². The van der Waals surface area contributed by atoms with E-state index in [1.54, 1.807) is 0 Å². The Hall–Kier alpha value is -0.570. The highest BCUT2D eigenvalue weighted by Gasteiger charge is 2.28. The minimum absolute atomic E-state index is 0. The highest BCUT2D eigenvalue weighted by molar-refractivity contribution is 5.85. The molecule has 0 spiro atoms. The molecule has 0 aliphatic heterocycles. The van der Waals surface area contributed by atoms with Crippen molar-refractivity contribution in [1.82, 2.24) is 0 Å². The maximum Gasteiger partial charge on any atom is 0.0760 e. The molecule has 3 heteroatoms. The van der Waals surface area contributed by atoms with E-state index < -0.39 is 6.10 Å². The maximum absolute atomic E-state index is 10.4. The Bertz CT molecular complexity index is 363. The van der Waals surface area contributed by atoms with E-state index in [0.717, 1.165) is 18.4 Å². The van der Waals surface area contributed by atoms with Crippen molar-refractivity contribution in [1.29, 1.82) is 0 Å². The molecule has 2 atom stereocenters. The van der Waals surface area contributed by atoms with E-state index in [4.69, 9.17) is 5.73 Å². The molecule has 0 unspecified atom stereocenters. The second-order valence-corrected chi connectivity index (χ2v) is 5.27. The number of aliphatic hydroxyl groups excluding tert-OH is 1. The molecule has 2 nitrogen and oxygen atoms in total. The van der Waals surface area contributed by atoms with E-state index in [0.29, 0.717) is 5.92 Å². The average Bonchev–Trinajstić information content (AvgIpc) is 2.39. The largest absolute Gasteiger partial charge is 0.391 e. The Kier molecular flexibility index (Phi) is 6.13. The van der Waals surface area contributed by atoms with Crippen LogP contribution < -0.4 is 5.73 Å². The fourth-order valence-corrected chi connectivity index (χ4v) is 2.91. The molecule has 1 fully saturated rings. The van der Waals surface area contributed by atoms with Crippen LogP contribution in [0.5, 0.6) is 0 Å². The quantitative estimate of drug-likeness (QED) is 0.884. The predicted molar refractivity (Wildman–Crippen MR) is 77.9 cm³/mol. The lowest BCUT2D eigenvalue weighted by molar-refractivity contribution is 0.0616. The Morgan fingerprint density at radius 2 is 1.78 bits per heavy atom. The summed E-state index contributed by atoms with van der Waals surface area (Å²) in [6.45, 7) is 2.06. The summed E-state index contributed by atoms with van der Waals surface area (Å²) in [6, 6.07) is 7.86. The van der Waals surface area contributed by atoms with E-state index in [2.05, 4.69) is 13.0 Å². The zero-order valence-electron chi connectivity index (χ0n) is 11.0. The van der Waals surface area contributed by atoms with Gasteiger partial charge in [-0.25, -0.2) is 0 Å². The fourth-order valence-electron chi connectivity index (χ4n) is 2.91. The van der Waals surface area contributed by atoms with Crippen molar-refractivity contribution in [2.45, 2.75) is 51.2 Å². The molecular weight excluding hydrogens is 246 g/mol. The Morgan fingerprint density at radius 1 is 1.17 bits per heavy atom. The molecule has 3 N–H and O–H groups in total. The number of halogens is 1. The lowest BCUT2D eigenvalue weighted by Gasteiger charge is -2.31. The molecule has 102 valence electrons. The van der Waals surface area contributed by atoms with Crippen LogP contribution in [-0.4, -0.2) is 11.2 Å². The number of hydrogen-bond donors (Lipinski definition) is 2. The molecule has 18 heavy (non-hydrogen) atoms. The SMILES string of the molecule is Cc1ccccc1[C@H](N)[C@H](O)C1CCCCC1.Cl. The molecule has 1 aromatic rings. The van der Waals surface area contributed by atoms with Gasteiger partial charge in [0, 0.05) is 0 Å². The maximum atomic E-state index is 10.4. The van der Waals surface area contributed by atoms with Gasteiger partial charge < -0.3 is 10.8 Å². The monoisotopic (exact) mass is 269 g/mol. The van der Waals surface area contributed by atoms with Crippen LogP contribution in [0, 0.1) is 12.8 Å². The van der Waals surface area contributed by atoms with E-state index in [1.807, 2.05) is 18.2 Å². The van der Waals surface area contributed by atoms with Crippen LogP contribution in [0.25, 0.3) is 0 Å². The number of hydrogen-bond acceptors (Lipinski definition) is 2. The van der Waals surface area contributed by atoms with Gasteiger partial charge in [-0.05, 0) is 36.8 Å². The van der Waals surface area contributed by atoms with Crippen LogP contribution in [-0.2, 0) is 0 Å². The molecule has 2 rings (SSSR count). The van der Waals surface area contributed by atoms with Gasteiger partial charge in [-0.3, -0.25) is 0 Å². The lowest BCUT2D eigenvalue weighted by Crippen LogP contribution is -2.34.